The molecule has 1 saturated carbocycles. The molecular formula is C22H26ClN3O3S. The highest BCUT2D eigenvalue weighted by atomic mass is 35.5. The van der Waals surface area contributed by atoms with Gasteiger partial charge in [-0.15, -0.1) is 0 Å². The number of sulfone groups is 1. The lowest BCUT2D eigenvalue weighted by atomic mass is 9.98. The molecule has 1 N–H and O–H groups in total. The van der Waals surface area contributed by atoms with Gasteiger partial charge in [0.25, 0.3) is 5.91 Å². The Balaban J connectivity index is 1.93. The van der Waals surface area contributed by atoms with Gasteiger partial charge in [-0.05, 0) is 48.6 Å². The first-order valence-electron chi connectivity index (χ1n) is 9.81. The van der Waals surface area contributed by atoms with Crippen LogP contribution in [-0.4, -0.2) is 39.7 Å². The van der Waals surface area contributed by atoms with Gasteiger partial charge in [-0.2, -0.15) is 0 Å². The molecule has 1 heterocycles. The second-order valence-corrected chi connectivity index (χ2v) is 10.2. The zero-order valence-corrected chi connectivity index (χ0v) is 18.9. The van der Waals surface area contributed by atoms with Crippen LogP contribution in [0.1, 0.15) is 31.2 Å². The van der Waals surface area contributed by atoms with Crippen LogP contribution in [-0.2, 0) is 14.6 Å². The van der Waals surface area contributed by atoms with Crippen molar-refractivity contribution in [2.24, 2.45) is 5.92 Å². The third-order valence-electron chi connectivity index (χ3n) is 5.20. The number of halogens is 1. The highest BCUT2D eigenvalue weighted by Crippen LogP contribution is 2.32. The molecule has 1 aliphatic rings. The number of aromatic nitrogens is 1. The molecule has 1 aliphatic carbocycles. The molecule has 0 saturated heterocycles. The lowest BCUT2D eigenvalue weighted by Gasteiger charge is -2.14. The van der Waals surface area contributed by atoms with Crippen LogP contribution in [0, 0.1) is 5.92 Å². The smallest absolute Gasteiger partial charge is 0.257 e. The van der Waals surface area contributed by atoms with Crippen LogP contribution >= 0.6 is 11.6 Å². The first kappa shape index (κ1) is 22.3. The number of amides is 1. The van der Waals surface area contributed by atoms with Gasteiger partial charge in [-0.25, -0.2) is 13.4 Å². The fourth-order valence-corrected chi connectivity index (χ4v) is 4.87. The maximum atomic E-state index is 13.1. The Hall–Kier alpha value is -2.38. The number of nitrogens with one attached hydrogen (secondary N) is 1. The number of hydrogen-bond donors (Lipinski definition) is 1. The van der Waals surface area contributed by atoms with Crippen molar-refractivity contribution in [3.8, 4) is 0 Å². The Labute approximate surface area is 182 Å². The number of anilines is 2. The van der Waals surface area contributed by atoms with E-state index < -0.39 is 9.84 Å². The van der Waals surface area contributed by atoms with Crippen LogP contribution < -0.4 is 10.2 Å². The molecule has 0 atom stereocenters. The average molecular weight is 448 g/mol. The fourth-order valence-electron chi connectivity index (χ4n) is 3.54. The second kappa shape index (κ2) is 9.18. The molecule has 6 nitrogen and oxygen atoms in total. The van der Waals surface area contributed by atoms with E-state index in [0.717, 1.165) is 37.6 Å². The topological polar surface area (TPSA) is 79.4 Å². The van der Waals surface area contributed by atoms with Crippen molar-refractivity contribution in [3.05, 3.63) is 53.2 Å². The van der Waals surface area contributed by atoms with Crippen LogP contribution in [0.25, 0.3) is 5.57 Å². The van der Waals surface area contributed by atoms with Crippen molar-refractivity contribution in [1.29, 1.82) is 0 Å². The van der Waals surface area contributed by atoms with Crippen molar-refractivity contribution < 1.29 is 13.2 Å². The maximum Gasteiger partial charge on any atom is 0.257 e. The van der Waals surface area contributed by atoms with E-state index in [1.807, 2.05) is 31.1 Å². The highest BCUT2D eigenvalue weighted by molar-refractivity contribution is 7.90. The summed E-state index contributed by atoms with van der Waals surface area (Å²) in [6.45, 7) is 0. The van der Waals surface area contributed by atoms with Gasteiger partial charge in [0.2, 0.25) is 0 Å². The SMILES string of the molecule is CN(C)c1ccc(NC(=O)/C(=C/C2CCCC2)c2ccc(S(C)(=O)=O)c(Cl)c2)nc1. The van der Waals surface area contributed by atoms with Gasteiger partial charge in [-0.3, -0.25) is 4.79 Å². The van der Waals surface area contributed by atoms with E-state index in [4.69, 9.17) is 11.6 Å². The van der Waals surface area contributed by atoms with Gasteiger partial charge < -0.3 is 10.2 Å². The quantitative estimate of drug-likeness (QED) is 0.663. The van der Waals surface area contributed by atoms with Crippen LogP contribution in [0.4, 0.5) is 11.5 Å². The summed E-state index contributed by atoms with van der Waals surface area (Å²) in [5, 5.41) is 2.95. The van der Waals surface area contributed by atoms with Gasteiger partial charge >= 0.3 is 0 Å². The van der Waals surface area contributed by atoms with Crippen LogP contribution in [0.3, 0.4) is 0 Å². The number of carbonyl (C=O) groups is 1. The molecule has 0 radical (unpaired) electrons. The summed E-state index contributed by atoms with van der Waals surface area (Å²) in [5.41, 5.74) is 1.99. The third kappa shape index (κ3) is 5.40. The number of carbonyl (C=O) groups excluding carboxylic acids is 1. The van der Waals surface area contributed by atoms with Gasteiger partial charge in [0, 0.05) is 25.9 Å². The van der Waals surface area contributed by atoms with E-state index in [1.165, 1.54) is 6.07 Å². The molecule has 0 spiro atoms. The predicted molar refractivity (Wildman–Crippen MR) is 122 cm³/mol. The van der Waals surface area contributed by atoms with E-state index in [0.29, 0.717) is 22.9 Å². The minimum absolute atomic E-state index is 0.0504. The van der Waals surface area contributed by atoms with Crippen LogP contribution in [0.15, 0.2) is 47.5 Å². The number of pyridine rings is 1. The minimum Gasteiger partial charge on any atom is -0.376 e. The standard InChI is InChI=1S/C22H26ClN3O3S/c1-26(2)17-9-11-21(24-14-17)25-22(27)18(12-15-6-4-5-7-15)16-8-10-20(19(23)13-16)30(3,28)29/h8-15H,4-7H2,1-3H3,(H,24,25,27)/b18-12+. The van der Waals surface area contributed by atoms with Crippen LogP contribution in [0.5, 0.6) is 0 Å². The fraction of sp³-hybridized carbons (Fsp3) is 0.364. The van der Waals surface area contributed by atoms with E-state index >= 15 is 0 Å². The number of benzene rings is 1. The summed E-state index contributed by atoms with van der Waals surface area (Å²) >= 11 is 6.23. The molecule has 3 rings (SSSR count). The third-order valence-corrected chi connectivity index (χ3v) is 6.77. The van der Waals surface area contributed by atoms with Gasteiger partial charge in [0.15, 0.2) is 9.84 Å². The highest BCUT2D eigenvalue weighted by Gasteiger charge is 2.21. The summed E-state index contributed by atoms with van der Waals surface area (Å²) in [6.07, 6.45) is 9.10. The van der Waals surface area contributed by atoms with Crippen LogP contribution in [0.2, 0.25) is 5.02 Å². The summed E-state index contributed by atoms with van der Waals surface area (Å²) in [7, 11) is 0.392. The van der Waals surface area contributed by atoms with E-state index in [1.54, 1.807) is 24.4 Å². The molecule has 8 heteroatoms. The molecule has 1 amide bonds. The molecule has 1 aromatic heterocycles. The summed E-state index contributed by atoms with van der Waals surface area (Å²) in [5.74, 6) is 0.458. The second-order valence-electron chi connectivity index (χ2n) is 7.79. The van der Waals surface area contributed by atoms with Gasteiger partial charge in [0.1, 0.15) is 5.82 Å². The zero-order chi connectivity index (χ0) is 21.9. The van der Waals surface area contributed by atoms with Crippen molar-refractivity contribution in [3.63, 3.8) is 0 Å². The Morgan fingerprint density at radius 2 is 1.90 bits per heavy atom. The van der Waals surface area contributed by atoms with E-state index in [-0.39, 0.29) is 15.8 Å². The monoisotopic (exact) mass is 447 g/mol. The molecule has 1 aromatic carbocycles. The first-order valence-corrected chi connectivity index (χ1v) is 12.1. The van der Waals surface area contributed by atoms with Crippen molar-refractivity contribution in [2.75, 3.05) is 30.6 Å². The summed E-state index contributed by atoms with van der Waals surface area (Å²) in [4.78, 5) is 19.4. The molecule has 160 valence electrons. The first-order chi connectivity index (χ1) is 14.1. The number of nitrogens with zero attached hydrogens (tertiary/aromatic N) is 2. The van der Waals surface area contributed by atoms with E-state index in [9.17, 15) is 13.2 Å². The lowest BCUT2D eigenvalue weighted by Crippen LogP contribution is -2.16. The van der Waals surface area contributed by atoms with Gasteiger partial charge in [0.05, 0.1) is 21.8 Å². The largest absolute Gasteiger partial charge is 0.376 e. The van der Waals surface area contributed by atoms with Gasteiger partial charge in [-0.1, -0.05) is 36.6 Å². The molecule has 30 heavy (non-hydrogen) atoms. The normalized spacial score (nSPS) is 15.3. The van der Waals surface area contributed by atoms with Crippen molar-refractivity contribution in [2.45, 2.75) is 30.6 Å². The molecular weight excluding hydrogens is 422 g/mol. The average Bonchev–Trinajstić information content (AvgIpc) is 3.18. The molecule has 0 unspecified atom stereocenters. The number of rotatable bonds is 6. The Bertz CT molecular complexity index is 1060. The summed E-state index contributed by atoms with van der Waals surface area (Å²) < 4.78 is 23.7. The molecule has 0 bridgehead atoms. The minimum atomic E-state index is -3.44. The van der Waals surface area contributed by atoms with E-state index in [2.05, 4.69) is 10.3 Å². The zero-order valence-electron chi connectivity index (χ0n) is 17.4. The molecule has 2 aromatic rings. The predicted octanol–water partition coefficient (Wildman–Crippen LogP) is 4.42. The summed E-state index contributed by atoms with van der Waals surface area (Å²) in [6, 6.07) is 8.25. The maximum absolute atomic E-state index is 13.1. The number of hydrogen-bond acceptors (Lipinski definition) is 5. The number of allylic oxidation sites excluding steroid dienone is 1. The lowest BCUT2D eigenvalue weighted by molar-refractivity contribution is -0.111. The van der Waals surface area contributed by atoms with Crippen molar-refractivity contribution >= 4 is 44.4 Å². The Kier molecular flexibility index (Phi) is 6.83. The van der Waals surface area contributed by atoms with Crippen molar-refractivity contribution in [1.82, 2.24) is 4.98 Å². The molecule has 1 fully saturated rings. The Morgan fingerprint density at radius 3 is 2.43 bits per heavy atom. The molecule has 0 aliphatic heterocycles. The Morgan fingerprint density at radius 1 is 1.20 bits per heavy atom.